The number of hydrogen-bond donors (Lipinski definition) is 0. The first kappa shape index (κ1) is 18.9. The van der Waals surface area contributed by atoms with Crippen LogP contribution >= 0.6 is 0 Å². The Kier molecular flexibility index (Phi) is 5.37. The quantitative estimate of drug-likeness (QED) is 0.711. The summed E-state index contributed by atoms with van der Waals surface area (Å²) in [6.07, 6.45) is 1.45. The second kappa shape index (κ2) is 8.26. The number of fused-ring (bicyclic) bond motifs is 1. The van der Waals surface area contributed by atoms with E-state index in [9.17, 15) is 14.4 Å². The summed E-state index contributed by atoms with van der Waals surface area (Å²) in [6, 6.07) is 8.02. The molecule has 0 N–H and O–H groups in total. The van der Waals surface area contributed by atoms with Crippen molar-refractivity contribution in [3.8, 4) is 11.5 Å². The molecule has 0 bridgehead atoms. The lowest BCUT2D eigenvalue weighted by Crippen LogP contribution is -2.51. The first-order valence-corrected chi connectivity index (χ1v) is 9.29. The van der Waals surface area contributed by atoms with Gasteiger partial charge in [-0.3, -0.25) is 9.59 Å². The molecule has 1 aromatic carbocycles. The molecular weight excluding hydrogens is 380 g/mol. The monoisotopic (exact) mass is 400 g/mol. The van der Waals surface area contributed by atoms with Gasteiger partial charge in [0.1, 0.15) is 13.2 Å². The molecule has 0 atom stereocenters. The van der Waals surface area contributed by atoms with Gasteiger partial charge in [0, 0.05) is 26.2 Å². The average Bonchev–Trinajstić information content (AvgIpc) is 3.31. The van der Waals surface area contributed by atoms with E-state index < -0.39 is 5.97 Å². The Morgan fingerprint density at radius 3 is 2.38 bits per heavy atom. The molecule has 1 saturated heterocycles. The van der Waals surface area contributed by atoms with Crippen LogP contribution in [-0.4, -0.2) is 73.6 Å². The van der Waals surface area contributed by atoms with E-state index in [1.54, 1.807) is 40.1 Å². The van der Waals surface area contributed by atoms with E-state index in [-0.39, 0.29) is 29.7 Å². The third kappa shape index (κ3) is 4.18. The molecule has 0 unspecified atom stereocenters. The van der Waals surface area contributed by atoms with Crippen molar-refractivity contribution < 1.29 is 33.0 Å². The highest BCUT2D eigenvalue weighted by atomic mass is 16.6. The number of ether oxygens (including phenoxy) is 3. The number of esters is 1. The largest absolute Gasteiger partial charge is 0.486 e. The number of furan rings is 1. The minimum atomic E-state index is -0.609. The lowest BCUT2D eigenvalue weighted by molar-refractivity contribution is -0.136. The first-order chi connectivity index (χ1) is 14.1. The van der Waals surface area contributed by atoms with Crippen molar-refractivity contribution in [1.82, 2.24) is 9.80 Å². The van der Waals surface area contributed by atoms with E-state index in [2.05, 4.69) is 0 Å². The Morgan fingerprint density at radius 2 is 1.66 bits per heavy atom. The molecule has 2 aromatic rings. The van der Waals surface area contributed by atoms with Gasteiger partial charge in [0.2, 0.25) is 0 Å². The Morgan fingerprint density at radius 1 is 0.931 bits per heavy atom. The van der Waals surface area contributed by atoms with Crippen molar-refractivity contribution in [3.63, 3.8) is 0 Å². The molecule has 1 aromatic heterocycles. The van der Waals surface area contributed by atoms with Crippen LogP contribution in [0.3, 0.4) is 0 Å². The molecule has 9 nitrogen and oxygen atoms in total. The maximum atomic E-state index is 12.4. The fourth-order valence-corrected chi connectivity index (χ4v) is 3.19. The number of nitrogens with zero attached hydrogens (tertiary/aromatic N) is 2. The van der Waals surface area contributed by atoms with Crippen LogP contribution in [0.1, 0.15) is 20.9 Å². The van der Waals surface area contributed by atoms with Gasteiger partial charge in [-0.05, 0) is 30.3 Å². The fourth-order valence-electron chi connectivity index (χ4n) is 3.19. The minimum absolute atomic E-state index is 0.202. The molecule has 2 aliphatic heterocycles. The molecule has 9 heteroatoms. The number of piperazine rings is 1. The summed E-state index contributed by atoms with van der Waals surface area (Å²) in [5.74, 6) is 0.216. The number of benzene rings is 1. The van der Waals surface area contributed by atoms with Crippen LogP contribution in [0.15, 0.2) is 41.0 Å². The Hall–Kier alpha value is -3.49. The summed E-state index contributed by atoms with van der Waals surface area (Å²) in [4.78, 5) is 40.0. The third-order valence-corrected chi connectivity index (χ3v) is 4.76. The van der Waals surface area contributed by atoms with Crippen molar-refractivity contribution in [2.75, 3.05) is 46.0 Å². The summed E-state index contributed by atoms with van der Waals surface area (Å²) < 4.78 is 21.1. The number of amides is 2. The summed E-state index contributed by atoms with van der Waals surface area (Å²) in [5, 5.41) is 0. The first-order valence-electron chi connectivity index (χ1n) is 9.29. The van der Waals surface area contributed by atoms with Crippen LogP contribution in [0, 0.1) is 0 Å². The lowest BCUT2D eigenvalue weighted by Gasteiger charge is -2.34. The highest BCUT2D eigenvalue weighted by Gasteiger charge is 2.26. The van der Waals surface area contributed by atoms with Gasteiger partial charge in [-0.15, -0.1) is 0 Å². The van der Waals surface area contributed by atoms with Gasteiger partial charge in [-0.1, -0.05) is 0 Å². The van der Waals surface area contributed by atoms with Gasteiger partial charge in [0.05, 0.1) is 11.8 Å². The zero-order valence-electron chi connectivity index (χ0n) is 15.7. The zero-order valence-corrected chi connectivity index (χ0v) is 15.7. The van der Waals surface area contributed by atoms with E-state index >= 15 is 0 Å². The van der Waals surface area contributed by atoms with Crippen LogP contribution in [0.2, 0.25) is 0 Å². The second-order valence-electron chi connectivity index (χ2n) is 6.58. The highest BCUT2D eigenvalue weighted by Crippen LogP contribution is 2.30. The van der Waals surface area contributed by atoms with E-state index in [0.717, 1.165) is 0 Å². The molecule has 0 saturated carbocycles. The molecule has 1 fully saturated rings. The molecule has 2 amide bonds. The van der Waals surface area contributed by atoms with Gasteiger partial charge >= 0.3 is 5.97 Å². The number of carbonyl (C=O) groups excluding carboxylic acids is 3. The highest BCUT2D eigenvalue weighted by molar-refractivity contribution is 5.93. The fraction of sp³-hybridized carbons (Fsp3) is 0.350. The maximum absolute atomic E-state index is 12.4. The van der Waals surface area contributed by atoms with E-state index in [1.807, 2.05) is 0 Å². The van der Waals surface area contributed by atoms with Crippen molar-refractivity contribution in [1.29, 1.82) is 0 Å². The van der Waals surface area contributed by atoms with Crippen molar-refractivity contribution >= 4 is 17.8 Å². The topological polar surface area (TPSA) is 98.5 Å². The van der Waals surface area contributed by atoms with Crippen LogP contribution in [-0.2, 0) is 9.53 Å². The predicted molar refractivity (Wildman–Crippen MR) is 98.9 cm³/mol. The SMILES string of the molecule is O=C(OCC(=O)N1CCN(C(=O)c2ccco2)CC1)c1ccc2c(c1)OCCO2. The standard InChI is InChI=1S/C20H20N2O7/c23-18(21-5-7-22(8-6-21)19(24)16-2-1-9-26-16)13-29-20(25)14-3-4-15-17(12-14)28-11-10-27-15/h1-4,9,12H,5-8,10-11,13H2. The third-order valence-electron chi connectivity index (χ3n) is 4.76. The Bertz CT molecular complexity index is 902. The maximum Gasteiger partial charge on any atom is 0.338 e. The van der Waals surface area contributed by atoms with Gasteiger partial charge in [-0.2, -0.15) is 0 Å². The second-order valence-corrected chi connectivity index (χ2v) is 6.58. The van der Waals surface area contributed by atoms with Gasteiger partial charge in [0.25, 0.3) is 11.8 Å². The normalized spacial score (nSPS) is 15.7. The average molecular weight is 400 g/mol. The Labute approximate surface area is 166 Å². The van der Waals surface area contributed by atoms with Crippen LogP contribution in [0.25, 0.3) is 0 Å². The molecular formula is C20H20N2O7. The summed E-state index contributed by atoms with van der Waals surface area (Å²) >= 11 is 0. The minimum Gasteiger partial charge on any atom is -0.486 e. The van der Waals surface area contributed by atoms with Crippen molar-refractivity contribution in [3.05, 3.63) is 47.9 Å². The molecule has 3 heterocycles. The molecule has 0 aliphatic carbocycles. The number of hydrogen-bond acceptors (Lipinski definition) is 7. The van der Waals surface area contributed by atoms with E-state index in [0.29, 0.717) is 50.9 Å². The number of rotatable bonds is 4. The molecule has 4 rings (SSSR count). The zero-order chi connectivity index (χ0) is 20.2. The molecule has 0 spiro atoms. The summed E-state index contributed by atoms with van der Waals surface area (Å²) in [7, 11) is 0. The Balaban J connectivity index is 1.26. The van der Waals surface area contributed by atoms with E-state index in [1.165, 1.54) is 6.26 Å². The van der Waals surface area contributed by atoms with Crippen molar-refractivity contribution in [2.45, 2.75) is 0 Å². The summed E-state index contributed by atoms with van der Waals surface area (Å²) in [6.45, 7) is 2.03. The van der Waals surface area contributed by atoms with Crippen LogP contribution in [0.5, 0.6) is 11.5 Å². The van der Waals surface area contributed by atoms with E-state index in [4.69, 9.17) is 18.6 Å². The van der Waals surface area contributed by atoms with Gasteiger partial charge in [-0.25, -0.2) is 4.79 Å². The molecule has 0 radical (unpaired) electrons. The van der Waals surface area contributed by atoms with Gasteiger partial charge < -0.3 is 28.4 Å². The van der Waals surface area contributed by atoms with Crippen LogP contribution < -0.4 is 9.47 Å². The van der Waals surface area contributed by atoms with Crippen molar-refractivity contribution in [2.24, 2.45) is 0 Å². The number of carbonyl (C=O) groups is 3. The predicted octanol–water partition coefficient (Wildman–Crippen LogP) is 1.19. The lowest BCUT2D eigenvalue weighted by atomic mass is 10.2. The molecule has 2 aliphatic rings. The molecule has 152 valence electrons. The molecule has 29 heavy (non-hydrogen) atoms. The van der Waals surface area contributed by atoms with Gasteiger partial charge in [0.15, 0.2) is 23.9 Å². The smallest absolute Gasteiger partial charge is 0.338 e. The summed E-state index contributed by atoms with van der Waals surface area (Å²) in [5.41, 5.74) is 0.288. The van der Waals surface area contributed by atoms with Crippen LogP contribution in [0.4, 0.5) is 0 Å².